The Balaban J connectivity index is 2.82. The first-order valence-corrected chi connectivity index (χ1v) is 6.28. The predicted octanol–water partition coefficient (Wildman–Crippen LogP) is 1.86. The molecule has 17 heavy (non-hydrogen) atoms. The van der Waals surface area contributed by atoms with E-state index >= 15 is 0 Å². The lowest BCUT2D eigenvalue weighted by atomic mass is 10.1. The summed E-state index contributed by atoms with van der Waals surface area (Å²) in [4.78, 5) is 0. The molecule has 0 spiro atoms. The molecular formula is C12H18BrNO3. The number of aliphatic hydroxyl groups excluding tert-OH is 1. The van der Waals surface area contributed by atoms with Gasteiger partial charge < -0.3 is 20.3 Å². The third-order valence-corrected chi connectivity index (χ3v) is 2.87. The van der Waals surface area contributed by atoms with Crippen LogP contribution >= 0.6 is 15.9 Å². The van der Waals surface area contributed by atoms with Crippen molar-refractivity contribution < 1.29 is 14.6 Å². The number of hydrogen-bond acceptors (Lipinski definition) is 4. The van der Waals surface area contributed by atoms with Crippen LogP contribution in [0.4, 0.5) is 0 Å². The summed E-state index contributed by atoms with van der Waals surface area (Å²) in [7, 11) is 1.62. The highest BCUT2D eigenvalue weighted by Crippen LogP contribution is 2.30. The number of ether oxygens (including phenoxy) is 2. The number of nitrogens with two attached hydrogens (primary N) is 1. The van der Waals surface area contributed by atoms with Crippen molar-refractivity contribution in [3.05, 3.63) is 28.2 Å². The first kappa shape index (κ1) is 14.4. The Morgan fingerprint density at radius 1 is 1.47 bits per heavy atom. The molecule has 1 atom stereocenters. The smallest absolute Gasteiger partial charge is 0.124 e. The van der Waals surface area contributed by atoms with E-state index in [2.05, 4.69) is 15.9 Å². The molecule has 5 heteroatoms. The Labute approximate surface area is 110 Å². The molecule has 0 radical (unpaired) electrons. The van der Waals surface area contributed by atoms with Crippen LogP contribution in [0.3, 0.4) is 0 Å². The van der Waals surface area contributed by atoms with Gasteiger partial charge in [-0.15, -0.1) is 0 Å². The zero-order chi connectivity index (χ0) is 12.7. The maximum atomic E-state index is 8.72. The Morgan fingerprint density at radius 2 is 2.24 bits per heavy atom. The molecule has 0 bridgehead atoms. The van der Waals surface area contributed by atoms with Gasteiger partial charge in [0.2, 0.25) is 0 Å². The van der Waals surface area contributed by atoms with Gasteiger partial charge in [-0.05, 0) is 24.6 Å². The Hall–Kier alpha value is -0.620. The minimum absolute atomic E-state index is 0.118. The van der Waals surface area contributed by atoms with Crippen LogP contribution in [0.15, 0.2) is 22.7 Å². The van der Waals surface area contributed by atoms with Gasteiger partial charge in [0.1, 0.15) is 5.75 Å². The molecule has 0 heterocycles. The van der Waals surface area contributed by atoms with Crippen LogP contribution in [-0.4, -0.2) is 32.0 Å². The molecule has 0 aliphatic rings. The van der Waals surface area contributed by atoms with E-state index in [1.165, 1.54) is 0 Å². The van der Waals surface area contributed by atoms with E-state index in [0.717, 1.165) is 15.8 Å². The quantitative estimate of drug-likeness (QED) is 0.755. The van der Waals surface area contributed by atoms with Gasteiger partial charge in [0.05, 0.1) is 13.2 Å². The summed E-state index contributed by atoms with van der Waals surface area (Å²) in [6.07, 6.45) is 0.390. The van der Waals surface area contributed by atoms with E-state index < -0.39 is 0 Å². The van der Waals surface area contributed by atoms with Gasteiger partial charge in [-0.2, -0.15) is 0 Å². The van der Waals surface area contributed by atoms with E-state index in [0.29, 0.717) is 19.6 Å². The van der Waals surface area contributed by atoms with Crippen molar-refractivity contribution in [3.63, 3.8) is 0 Å². The van der Waals surface area contributed by atoms with Crippen molar-refractivity contribution in [1.82, 2.24) is 0 Å². The van der Waals surface area contributed by atoms with E-state index in [4.69, 9.17) is 20.3 Å². The molecule has 1 rings (SSSR count). The lowest BCUT2D eigenvalue weighted by Crippen LogP contribution is -2.17. The van der Waals surface area contributed by atoms with E-state index in [1.807, 2.05) is 18.2 Å². The fourth-order valence-corrected chi connectivity index (χ4v) is 1.91. The van der Waals surface area contributed by atoms with Crippen molar-refractivity contribution >= 4 is 15.9 Å². The number of benzene rings is 1. The largest absolute Gasteiger partial charge is 0.496 e. The molecule has 0 fully saturated rings. The summed E-state index contributed by atoms with van der Waals surface area (Å²) < 4.78 is 11.9. The molecule has 1 aromatic rings. The average Bonchev–Trinajstić information content (AvgIpc) is 2.35. The van der Waals surface area contributed by atoms with Gasteiger partial charge in [-0.3, -0.25) is 0 Å². The Bertz CT molecular complexity index is 347. The van der Waals surface area contributed by atoms with Gasteiger partial charge >= 0.3 is 0 Å². The monoisotopic (exact) mass is 303 g/mol. The second-order valence-corrected chi connectivity index (χ2v) is 4.47. The zero-order valence-electron chi connectivity index (χ0n) is 9.86. The van der Waals surface area contributed by atoms with Crippen molar-refractivity contribution in [3.8, 4) is 5.75 Å². The Kier molecular flexibility index (Phi) is 6.50. The highest BCUT2D eigenvalue weighted by atomic mass is 79.9. The minimum Gasteiger partial charge on any atom is -0.496 e. The minimum atomic E-state index is -0.214. The van der Waals surface area contributed by atoms with Gasteiger partial charge in [0.25, 0.3) is 0 Å². The van der Waals surface area contributed by atoms with E-state index in [1.54, 1.807) is 7.11 Å². The topological polar surface area (TPSA) is 64.7 Å². The van der Waals surface area contributed by atoms with Crippen molar-refractivity contribution in [2.45, 2.75) is 12.5 Å². The predicted molar refractivity (Wildman–Crippen MR) is 70.1 cm³/mol. The van der Waals surface area contributed by atoms with Gasteiger partial charge in [-0.25, -0.2) is 0 Å². The standard InChI is InChI=1S/C12H18BrNO3/c1-16-11-4-3-9(13)7-10(11)12(8-14)17-6-2-5-15/h3-4,7,12,15H,2,5-6,8,14H2,1H3. The molecule has 0 saturated carbocycles. The first-order chi connectivity index (χ1) is 8.22. The maximum Gasteiger partial charge on any atom is 0.124 e. The maximum absolute atomic E-state index is 8.72. The summed E-state index contributed by atoms with van der Waals surface area (Å²) in [5, 5.41) is 8.72. The fourth-order valence-electron chi connectivity index (χ4n) is 1.53. The molecule has 1 aromatic carbocycles. The van der Waals surface area contributed by atoms with Crippen LogP contribution in [0.1, 0.15) is 18.1 Å². The normalized spacial score (nSPS) is 12.5. The SMILES string of the molecule is COc1ccc(Br)cc1C(CN)OCCCO. The van der Waals surface area contributed by atoms with Crippen molar-refractivity contribution in [2.75, 3.05) is 26.9 Å². The summed E-state index contributed by atoms with van der Waals surface area (Å²) in [5.41, 5.74) is 6.62. The van der Waals surface area contributed by atoms with Crippen molar-refractivity contribution in [1.29, 1.82) is 0 Å². The third-order valence-electron chi connectivity index (χ3n) is 2.37. The highest BCUT2D eigenvalue weighted by molar-refractivity contribution is 9.10. The van der Waals surface area contributed by atoms with Crippen LogP contribution in [-0.2, 0) is 4.74 Å². The number of aliphatic hydroxyl groups is 1. The van der Waals surface area contributed by atoms with Gasteiger partial charge in [0.15, 0.2) is 0 Å². The molecule has 96 valence electrons. The summed E-state index contributed by atoms with van der Waals surface area (Å²) >= 11 is 3.41. The molecular weight excluding hydrogens is 286 g/mol. The second-order valence-electron chi connectivity index (χ2n) is 3.56. The lowest BCUT2D eigenvalue weighted by molar-refractivity contribution is 0.0473. The number of rotatable bonds is 7. The lowest BCUT2D eigenvalue weighted by Gasteiger charge is -2.19. The molecule has 1 unspecified atom stereocenters. The Morgan fingerprint density at radius 3 is 2.82 bits per heavy atom. The van der Waals surface area contributed by atoms with Crippen LogP contribution in [0.25, 0.3) is 0 Å². The molecule has 0 saturated heterocycles. The number of hydrogen-bond donors (Lipinski definition) is 2. The average molecular weight is 304 g/mol. The van der Waals surface area contributed by atoms with Crippen LogP contribution in [0, 0.1) is 0 Å². The molecule has 0 aliphatic carbocycles. The molecule has 3 N–H and O–H groups in total. The van der Waals surface area contributed by atoms with Crippen LogP contribution in [0.2, 0.25) is 0 Å². The molecule has 0 amide bonds. The second kappa shape index (κ2) is 7.66. The molecule has 0 aromatic heterocycles. The highest BCUT2D eigenvalue weighted by Gasteiger charge is 2.15. The summed E-state index contributed by atoms with van der Waals surface area (Å²) in [5.74, 6) is 0.757. The molecule has 0 aliphatic heterocycles. The van der Waals surface area contributed by atoms with Crippen LogP contribution in [0.5, 0.6) is 5.75 Å². The van der Waals surface area contributed by atoms with E-state index in [9.17, 15) is 0 Å². The summed E-state index contributed by atoms with van der Waals surface area (Å²) in [6, 6.07) is 5.72. The fraction of sp³-hybridized carbons (Fsp3) is 0.500. The van der Waals surface area contributed by atoms with Crippen LogP contribution < -0.4 is 10.5 Å². The number of halogens is 1. The third kappa shape index (κ3) is 4.27. The van der Waals surface area contributed by atoms with E-state index in [-0.39, 0.29) is 12.7 Å². The van der Waals surface area contributed by atoms with Gasteiger partial charge in [-0.1, -0.05) is 15.9 Å². The van der Waals surface area contributed by atoms with Crippen molar-refractivity contribution in [2.24, 2.45) is 5.73 Å². The first-order valence-electron chi connectivity index (χ1n) is 5.49. The summed E-state index contributed by atoms with van der Waals surface area (Å²) in [6.45, 7) is 0.971. The number of methoxy groups -OCH3 is 1. The van der Waals surface area contributed by atoms with Gasteiger partial charge in [0, 0.05) is 29.8 Å². The zero-order valence-corrected chi connectivity index (χ0v) is 11.4. The molecule has 4 nitrogen and oxygen atoms in total.